The van der Waals surface area contributed by atoms with Crippen molar-refractivity contribution < 1.29 is 9.47 Å². The number of ether oxygens (including phenoxy) is 2. The summed E-state index contributed by atoms with van der Waals surface area (Å²) in [5.41, 5.74) is 6.76. The lowest BCUT2D eigenvalue weighted by Gasteiger charge is -2.12. The van der Waals surface area contributed by atoms with Gasteiger partial charge in [-0.25, -0.2) is 4.98 Å². The Morgan fingerprint density at radius 2 is 2.21 bits per heavy atom. The lowest BCUT2D eigenvalue weighted by molar-refractivity contribution is 0.369. The third-order valence-corrected chi connectivity index (χ3v) is 3.16. The molecular weight excluding hydrogens is 357 g/mol. The number of methoxy groups -OCH3 is 1. The Kier molecular flexibility index (Phi) is 4.06. The average Bonchev–Trinajstić information content (AvgIpc) is 2.43. The van der Waals surface area contributed by atoms with Crippen LogP contribution in [0.1, 0.15) is 5.56 Å². The van der Waals surface area contributed by atoms with Crippen molar-refractivity contribution >= 4 is 28.3 Å². The van der Waals surface area contributed by atoms with Crippen molar-refractivity contribution in [2.45, 2.75) is 0 Å². The quantitative estimate of drug-likeness (QED) is 0.667. The van der Waals surface area contributed by atoms with Crippen molar-refractivity contribution in [3.63, 3.8) is 0 Å². The predicted molar refractivity (Wildman–Crippen MR) is 79.1 cm³/mol. The van der Waals surface area contributed by atoms with Gasteiger partial charge in [0.1, 0.15) is 0 Å². The second-order valence-corrected chi connectivity index (χ2v) is 4.76. The summed E-state index contributed by atoms with van der Waals surface area (Å²) in [5.74, 6) is 1.32. The zero-order valence-electron chi connectivity index (χ0n) is 10.1. The second-order valence-electron chi connectivity index (χ2n) is 3.60. The number of halogens is 1. The first-order valence-electron chi connectivity index (χ1n) is 5.31. The fraction of sp³-hybridized carbons (Fsp3) is 0.0769. The minimum atomic E-state index is 0.333. The van der Waals surface area contributed by atoms with Gasteiger partial charge >= 0.3 is 0 Å². The van der Waals surface area contributed by atoms with Crippen LogP contribution in [-0.4, -0.2) is 12.1 Å². The van der Waals surface area contributed by atoms with E-state index in [9.17, 15) is 0 Å². The van der Waals surface area contributed by atoms with Gasteiger partial charge in [0.05, 0.1) is 28.0 Å². The van der Waals surface area contributed by atoms with Gasteiger partial charge in [0.25, 0.3) is 5.88 Å². The van der Waals surface area contributed by atoms with Gasteiger partial charge in [0, 0.05) is 6.20 Å². The Labute approximate surface area is 124 Å². The molecule has 1 aromatic carbocycles. The summed E-state index contributed by atoms with van der Waals surface area (Å²) >= 11 is 2.06. The van der Waals surface area contributed by atoms with E-state index in [1.54, 1.807) is 30.5 Å². The highest BCUT2D eigenvalue weighted by atomic mass is 127. The number of nitriles is 1. The number of pyridine rings is 1. The minimum Gasteiger partial charge on any atom is -0.491 e. The molecule has 96 valence electrons. The van der Waals surface area contributed by atoms with Crippen LogP contribution >= 0.6 is 22.6 Å². The molecule has 0 aliphatic rings. The molecule has 1 heterocycles. The molecule has 6 heteroatoms. The van der Waals surface area contributed by atoms with Crippen LogP contribution in [0.2, 0.25) is 0 Å². The molecule has 0 aliphatic carbocycles. The lowest BCUT2D eigenvalue weighted by atomic mass is 10.2. The van der Waals surface area contributed by atoms with E-state index in [4.69, 9.17) is 20.5 Å². The van der Waals surface area contributed by atoms with E-state index in [0.29, 0.717) is 28.6 Å². The van der Waals surface area contributed by atoms with E-state index >= 15 is 0 Å². The third-order valence-electron chi connectivity index (χ3n) is 2.36. The molecule has 0 saturated carbocycles. The van der Waals surface area contributed by atoms with E-state index in [0.717, 1.165) is 3.57 Å². The van der Waals surface area contributed by atoms with Crippen LogP contribution < -0.4 is 15.2 Å². The number of anilines is 1. The number of nitrogens with two attached hydrogens (primary N) is 1. The van der Waals surface area contributed by atoms with Crippen LogP contribution in [0.5, 0.6) is 17.4 Å². The van der Waals surface area contributed by atoms with Crippen LogP contribution in [0.4, 0.5) is 5.69 Å². The van der Waals surface area contributed by atoms with Gasteiger partial charge in [0.2, 0.25) is 0 Å². The molecule has 0 atom stereocenters. The van der Waals surface area contributed by atoms with Gasteiger partial charge in [-0.2, -0.15) is 5.26 Å². The number of nitrogen functional groups attached to an aromatic ring is 1. The van der Waals surface area contributed by atoms with Crippen LogP contribution in [0.15, 0.2) is 30.5 Å². The van der Waals surface area contributed by atoms with Gasteiger partial charge in [0.15, 0.2) is 11.5 Å². The van der Waals surface area contributed by atoms with Crippen LogP contribution in [0.3, 0.4) is 0 Å². The maximum Gasteiger partial charge on any atom is 0.262 e. The topological polar surface area (TPSA) is 81.2 Å². The summed E-state index contributed by atoms with van der Waals surface area (Å²) in [6.07, 6.45) is 1.60. The van der Waals surface area contributed by atoms with Gasteiger partial charge < -0.3 is 15.2 Å². The molecule has 2 rings (SSSR count). The lowest BCUT2D eigenvalue weighted by Crippen LogP contribution is -1.98. The van der Waals surface area contributed by atoms with E-state index in [2.05, 4.69) is 27.6 Å². The monoisotopic (exact) mass is 367 g/mol. The Morgan fingerprint density at radius 1 is 1.42 bits per heavy atom. The Hall–Kier alpha value is -2.01. The highest BCUT2D eigenvalue weighted by Gasteiger charge is 2.13. The number of benzene rings is 1. The molecule has 0 fully saturated rings. The number of hydrogen-bond acceptors (Lipinski definition) is 5. The van der Waals surface area contributed by atoms with Crippen LogP contribution in [-0.2, 0) is 0 Å². The van der Waals surface area contributed by atoms with Gasteiger partial charge in [-0.3, -0.25) is 0 Å². The zero-order valence-corrected chi connectivity index (χ0v) is 12.2. The average molecular weight is 367 g/mol. The highest BCUT2D eigenvalue weighted by molar-refractivity contribution is 14.1. The first-order chi connectivity index (χ1) is 9.15. The predicted octanol–water partition coefficient (Wildman–Crippen LogP) is 2.94. The molecule has 0 saturated heterocycles. The van der Waals surface area contributed by atoms with E-state index in [1.807, 2.05) is 6.07 Å². The Balaban J connectivity index is 2.42. The molecule has 19 heavy (non-hydrogen) atoms. The summed E-state index contributed by atoms with van der Waals surface area (Å²) in [7, 11) is 1.54. The summed E-state index contributed by atoms with van der Waals surface area (Å²) < 4.78 is 11.6. The smallest absolute Gasteiger partial charge is 0.262 e. The fourth-order valence-electron chi connectivity index (χ4n) is 1.49. The van der Waals surface area contributed by atoms with Gasteiger partial charge in [-0.15, -0.1) is 0 Å². The van der Waals surface area contributed by atoms with Crippen molar-refractivity contribution in [1.82, 2.24) is 4.98 Å². The molecule has 0 aliphatic heterocycles. The fourth-order valence-corrected chi connectivity index (χ4v) is 2.25. The maximum atomic E-state index is 8.87. The van der Waals surface area contributed by atoms with E-state index in [-0.39, 0.29) is 0 Å². The zero-order chi connectivity index (χ0) is 13.8. The Morgan fingerprint density at radius 3 is 2.84 bits per heavy atom. The van der Waals surface area contributed by atoms with Crippen molar-refractivity contribution in [3.8, 4) is 23.4 Å². The first-order valence-corrected chi connectivity index (χ1v) is 6.39. The maximum absolute atomic E-state index is 8.87. The van der Waals surface area contributed by atoms with Gasteiger partial charge in [-0.05, 0) is 46.9 Å². The molecule has 0 spiro atoms. The van der Waals surface area contributed by atoms with Crippen molar-refractivity contribution in [3.05, 3.63) is 39.6 Å². The van der Waals surface area contributed by atoms with Crippen LogP contribution in [0.25, 0.3) is 0 Å². The van der Waals surface area contributed by atoms with Crippen LogP contribution in [0, 0.1) is 14.9 Å². The number of nitrogens with zero attached hydrogens (tertiary/aromatic N) is 2. The summed E-state index contributed by atoms with van der Waals surface area (Å²) in [5, 5.41) is 8.87. The molecule has 1 aromatic heterocycles. The summed E-state index contributed by atoms with van der Waals surface area (Å²) in [4.78, 5) is 4.10. The normalized spacial score (nSPS) is 9.74. The molecule has 2 N–H and O–H groups in total. The molecule has 0 radical (unpaired) electrons. The summed E-state index contributed by atoms with van der Waals surface area (Å²) in [6, 6.07) is 8.79. The first kappa shape index (κ1) is 13.4. The number of aromatic nitrogens is 1. The van der Waals surface area contributed by atoms with E-state index < -0.39 is 0 Å². The molecule has 0 amide bonds. The minimum absolute atomic E-state index is 0.333. The number of hydrogen-bond donors (Lipinski definition) is 1. The third kappa shape index (κ3) is 2.88. The molecular formula is C13H10IN3O2. The van der Waals surface area contributed by atoms with Crippen molar-refractivity contribution in [2.75, 3.05) is 12.8 Å². The standard InChI is InChI=1S/C13H10IN3O2/c1-18-11-3-2-4-17-13(11)19-12-9(14)5-8(7-15)6-10(12)16/h2-6H,16H2,1H3. The summed E-state index contributed by atoms with van der Waals surface area (Å²) in [6.45, 7) is 0. The molecule has 5 nitrogen and oxygen atoms in total. The molecule has 0 bridgehead atoms. The largest absolute Gasteiger partial charge is 0.491 e. The van der Waals surface area contributed by atoms with Crippen molar-refractivity contribution in [1.29, 1.82) is 5.26 Å². The van der Waals surface area contributed by atoms with E-state index in [1.165, 1.54) is 7.11 Å². The Bertz CT molecular complexity index is 630. The number of rotatable bonds is 3. The highest BCUT2D eigenvalue weighted by Crippen LogP contribution is 2.36. The SMILES string of the molecule is COc1cccnc1Oc1c(N)cc(C#N)cc1I. The van der Waals surface area contributed by atoms with Crippen molar-refractivity contribution in [2.24, 2.45) is 0 Å². The molecule has 0 unspecified atom stereocenters. The second kappa shape index (κ2) is 5.75. The molecule has 2 aromatic rings. The van der Waals surface area contributed by atoms with Gasteiger partial charge in [-0.1, -0.05) is 0 Å².